The molecule has 0 amide bonds. The summed E-state index contributed by atoms with van der Waals surface area (Å²) in [4.78, 5) is 7.39. The number of nitrogens with one attached hydrogen (secondary N) is 2. The molecular weight excluding hydrogens is 316 g/mol. The molecule has 0 aromatic carbocycles. The molecule has 0 bridgehead atoms. The Morgan fingerprint density at radius 1 is 1.26 bits per heavy atom. The zero-order chi connectivity index (χ0) is 15.6. The first-order valence-corrected chi connectivity index (χ1v) is 9.35. The third kappa shape index (κ3) is 2.07. The zero-order valence-electron chi connectivity index (χ0n) is 12.3. The molecule has 3 aromatic rings. The van der Waals surface area contributed by atoms with Gasteiger partial charge in [-0.25, -0.2) is 18.1 Å². The van der Waals surface area contributed by atoms with Gasteiger partial charge in [0.05, 0.1) is 17.0 Å². The summed E-state index contributed by atoms with van der Waals surface area (Å²) in [6.07, 6.45) is 6.65. The van der Waals surface area contributed by atoms with Crippen LogP contribution in [0.2, 0.25) is 0 Å². The van der Waals surface area contributed by atoms with E-state index >= 15 is 0 Å². The van der Waals surface area contributed by atoms with Crippen molar-refractivity contribution in [3.05, 3.63) is 24.3 Å². The van der Waals surface area contributed by atoms with Crippen LogP contribution in [0.3, 0.4) is 0 Å². The van der Waals surface area contributed by atoms with Gasteiger partial charge in [-0.15, -0.1) is 10.2 Å². The zero-order valence-corrected chi connectivity index (χ0v) is 13.1. The van der Waals surface area contributed by atoms with Gasteiger partial charge in [-0.05, 0) is 31.7 Å². The van der Waals surface area contributed by atoms with Gasteiger partial charge in [0.2, 0.25) is 10.0 Å². The summed E-state index contributed by atoms with van der Waals surface area (Å²) in [6.45, 7) is 0. The predicted octanol–water partition coefficient (Wildman–Crippen LogP) is 0.933. The number of H-pyrrole nitrogens is 1. The van der Waals surface area contributed by atoms with Gasteiger partial charge in [-0.2, -0.15) is 0 Å². The molecule has 9 heteroatoms. The summed E-state index contributed by atoms with van der Waals surface area (Å²) in [6, 6.07) is 1.97. The highest BCUT2D eigenvalue weighted by molar-refractivity contribution is 7.90. The van der Waals surface area contributed by atoms with Crippen LogP contribution in [-0.2, 0) is 10.0 Å². The number of aromatic amines is 1. The Morgan fingerprint density at radius 2 is 2.09 bits per heavy atom. The second kappa shape index (κ2) is 4.51. The van der Waals surface area contributed by atoms with Crippen molar-refractivity contribution in [2.24, 2.45) is 0 Å². The lowest BCUT2D eigenvalue weighted by Gasteiger charge is -2.34. The van der Waals surface area contributed by atoms with Gasteiger partial charge < -0.3 is 4.98 Å². The third-order valence-corrected chi connectivity index (χ3v) is 6.78. The van der Waals surface area contributed by atoms with Crippen molar-refractivity contribution >= 4 is 26.8 Å². The lowest BCUT2D eigenvalue weighted by molar-refractivity contribution is 0.313. The van der Waals surface area contributed by atoms with E-state index in [1.807, 2.05) is 16.7 Å². The second-order valence-corrected chi connectivity index (χ2v) is 8.44. The van der Waals surface area contributed by atoms with E-state index in [-0.39, 0.29) is 17.2 Å². The van der Waals surface area contributed by atoms with E-state index in [9.17, 15) is 8.42 Å². The average molecular weight is 332 g/mol. The first-order chi connectivity index (χ1) is 11.1. The van der Waals surface area contributed by atoms with Gasteiger partial charge in [-0.1, -0.05) is 0 Å². The van der Waals surface area contributed by atoms with Crippen LogP contribution in [-0.4, -0.2) is 44.3 Å². The molecule has 2 saturated carbocycles. The fraction of sp³-hybridized carbons (Fsp3) is 0.500. The van der Waals surface area contributed by atoms with Crippen molar-refractivity contribution in [2.45, 2.75) is 42.9 Å². The van der Waals surface area contributed by atoms with Gasteiger partial charge >= 0.3 is 0 Å². The topological polar surface area (TPSA) is 105 Å². The van der Waals surface area contributed by atoms with Crippen LogP contribution >= 0.6 is 0 Å². The molecule has 0 spiro atoms. The molecule has 0 radical (unpaired) electrons. The highest BCUT2D eigenvalue weighted by atomic mass is 32.2. The number of rotatable bonds is 4. The van der Waals surface area contributed by atoms with E-state index in [1.54, 1.807) is 6.20 Å². The van der Waals surface area contributed by atoms with Gasteiger partial charge in [0.1, 0.15) is 5.82 Å². The molecule has 0 unspecified atom stereocenters. The smallest absolute Gasteiger partial charge is 0.214 e. The molecule has 5 rings (SSSR count). The van der Waals surface area contributed by atoms with E-state index < -0.39 is 10.0 Å². The molecule has 23 heavy (non-hydrogen) atoms. The molecular formula is C14H16N6O2S. The maximum absolute atomic E-state index is 12.0. The minimum Gasteiger partial charge on any atom is -0.345 e. The van der Waals surface area contributed by atoms with Crippen LogP contribution in [0.1, 0.15) is 37.4 Å². The van der Waals surface area contributed by atoms with Crippen molar-refractivity contribution in [3.8, 4) is 0 Å². The minimum atomic E-state index is -3.12. The van der Waals surface area contributed by atoms with Crippen LogP contribution in [0.25, 0.3) is 16.8 Å². The molecule has 2 aliphatic carbocycles. The van der Waals surface area contributed by atoms with Crippen molar-refractivity contribution < 1.29 is 8.42 Å². The van der Waals surface area contributed by atoms with Gasteiger partial charge in [-0.3, -0.25) is 4.40 Å². The molecule has 2 fully saturated rings. The third-order valence-electron chi connectivity index (χ3n) is 4.76. The SMILES string of the molecule is O=S(=O)(N[C@H]1C[C@H](c2nnc3cnc4[nH]ccc4n32)C1)C1CC1. The standard InChI is InChI=1S/C14H16N6O2S/c21-23(22,10-1-2-10)19-9-5-8(6-9)14-18-17-12-7-16-13-11(20(12)14)3-4-15-13/h3-4,7-10,15,19H,1-2,5-6H2/t8-,9-. The number of nitrogens with zero attached hydrogens (tertiary/aromatic N) is 4. The highest BCUT2D eigenvalue weighted by Crippen LogP contribution is 2.38. The van der Waals surface area contributed by atoms with Gasteiger partial charge in [0.15, 0.2) is 11.3 Å². The van der Waals surface area contributed by atoms with Crippen molar-refractivity contribution in [1.82, 2.24) is 29.3 Å². The Bertz CT molecular complexity index is 997. The second-order valence-electron chi connectivity index (χ2n) is 6.45. The number of hydrogen-bond acceptors (Lipinski definition) is 5. The lowest BCUT2D eigenvalue weighted by Crippen LogP contribution is -2.44. The lowest BCUT2D eigenvalue weighted by atomic mass is 9.80. The minimum absolute atomic E-state index is 0.0153. The van der Waals surface area contributed by atoms with Gasteiger partial charge in [0.25, 0.3) is 0 Å². The predicted molar refractivity (Wildman–Crippen MR) is 83.5 cm³/mol. The van der Waals surface area contributed by atoms with E-state index in [0.29, 0.717) is 5.65 Å². The normalized spacial score (nSPS) is 25.0. The van der Waals surface area contributed by atoms with E-state index in [2.05, 4.69) is 24.9 Å². The van der Waals surface area contributed by atoms with E-state index in [1.165, 1.54) is 0 Å². The Labute approximate surface area is 132 Å². The highest BCUT2D eigenvalue weighted by Gasteiger charge is 2.41. The number of fused-ring (bicyclic) bond motifs is 3. The van der Waals surface area contributed by atoms with Crippen LogP contribution in [0, 0.1) is 0 Å². The molecule has 8 nitrogen and oxygen atoms in total. The molecule has 3 aromatic heterocycles. The summed E-state index contributed by atoms with van der Waals surface area (Å²) in [5.74, 6) is 1.10. The van der Waals surface area contributed by atoms with Crippen LogP contribution in [0.15, 0.2) is 18.5 Å². The Balaban J connectivity index is 1.41. The molecule has 120 valence electrons. The monoisotopic (exact) mass is 332 g/mol. The molecule has 2 N–H and O–H groups in total. The fourth-order valence-electron chi connectivity index (χ4n) is 3.29. The maximum atomic E-state index is 12.0. The molecule has 2 aliphatic rings. The van der Waals surface area contributed by atoms with Crippen molar-refractivity contribution in [2.75, 3.05) is 0 Å². The quantitative estimate of drug-likeness (QED) is 0.739. The van der Waals surface area contributed by atoms with E-state index in [4.69, 9.17) is 0 Å². The largest absolute Gasteiger partial charge is 0.345 e. The summed E-state index contributed by atoms with van der Waals surface area (Å²) < 4.78 is 28.8. The molecule has 0 saturated heterocycles. The summed E-state index contributed by atoms with van der Waals surface area (Å²) >= 11 is 0. The molecule has 3 heterocycles. The van der Waals surface area contributed by atoms with Crippen LogP contribution in [0.4, 0.5) is 0 Å². The first kappa shape index (κ1) is 13.4. The van der Waals surface area contributed by atoms with Gasteiger partial charge in [0, 0.05) is 18.2 Å². The summed E-state index contributed by atoms with van der Waals surface area (Å²) in [5, 5.41) is 8.33. The van der Waals surface area contributed by atoms with E-state index in [0.717, 1.165) is 42.7 Å². The summed E-state index contributed by atoms with van der Waals surface area (Å²) in [7, 11) is -3.12. The number of hydrogen-bond donors (Lipinski definition) is 2. The Morgan fingerprint density at radius 3 is 2.87 bits per heavy atom. The Kier molecular flexibility index (Phi) is 2.64. The average Bonchev–Trinajstić information content (AvgIpc) is 3.10. The fourth-order valence-corrected chi connectivity index (χ4v) is 4.90. The molecule has 0 aliphatic heterocycles. The van der Waals surface area contributed by atoms with Crippen molar-refractivity contribution in [1.29, 1.82) is 0 Å². The van der Waals surface area contributed by atoms with Crippen molar-refractivity contribution in [3.63, 3.8) is 0 Å². The summed E-state index contributed by atoms with van der Waals surface area (Å²) in [5.41, 5.74) is 2.46. The number of aromatic nitrogens is 5. The molecule has 0 atom stereocenters. The van der Waals surface area contributed by atoms with Crippen LogP contribution in [0.5, 0.6) is 0 Å². The first-order valence-electron chi connectivity index (χ1n) is 7.80. The number of sulfonamides is 1. The van der Waals surface area contributed by atoms with Crippen LogP contribution < -0.4 is 4.72 Å². The maximum Gasteiger partial charge on any atom is 0.214 e. The Hall–Kier alpha value is -2.00.